The zero-order valence-corrected chi connectivity index (χ0v) is 12.7. The summed E-state index contributed by atoms with van der Waals surface area (Å²) in [6, 6.07) is 6.42. The second-order valence-electron chi connectivity index (χ2n) is 5.65. The van der Waals surface area contributed by atoms with E-state index in [4.69, 9.17) is 19.5 Å². The van der Waals surface area contributed by atoms with Crippen LogP contribution in [0.4, 0.5) is 0 Å². The van der Waals surface area contributed by atoms with E-state index in [1.54, 1.807) is 24.3 Å². The summed E-state index contributed by atoms with van der Waals surface area (Å²) in [6.07, 6.45) is 6.95. The molecule has 0 aromatic heterocycles. The fourth-order valence-electron chi connectivity index (χ4n) is 2.45. The first-order valence-corrected chi connectivity index (χ1v) is 7.88. The first-order chi connectivity index (χ1) is 10.7. The second kappa shape index (κ2) is 8.93. The van der Waals surface area contributed by atoms with Gasteiger partial charge in [-0.1, -0.05) is 25.0 Å². The molecule has 0 saturated carbocycles. The number of carbonyl (C=O) groups excluding carboxylic acids is 1. The molecule has 0 bridgehead atoms. The van der Waals surface area contributed by atoms with E-state index in [2.05, 4.69) is 0 Å². The van der Waals surface area contributed by atoms with E-state index >= 15 is 0 Å². The lowest BCUT2D eigenvalue weighted by molar-refractivity contribution is -0.114. The van der Waals surface area contributed by atoms with Crippen molar-refractivity contribution in [3.63, 3.8) is 0 Å². The van der Waals surface area contributed by atoms with Crippen LogP contribution in [0.15, 0.2) is 24.3 Å². The average molecular weight is 306 g/mol. The molecule has 1 fully saturated rings. The lowest BCUT2D eigenvalue weighted by Crippen LogP contribution is -2.29. The van der Waals surface area contributed by atoms with Crippen molar-refractivity contribution < 1.29 is 24.3 Å². The molecular weight excluding hydrogens is 283 g/mol. The largest absolute Gasteiger partial charge is 0.488 e. The molecule has 120 valence electrons. The fraction of sp³-hybridized carbons (Fsp3) is 0.562. The molecular formula is C16H23BO5. The number of carbonyl (C=O) groups is 1. The van der Waals surface area contributed by atoms with Crippen LogP contribution in [0.1, 0.15) is 38.5 Å². The molecule has 0 aliphatic carbocycles. The first kappa shape index (κ1) is 17.0. The molecule has 2 unspecified atom stereocenters. The highest BCUT2D eigenvalue weighted by molar-refractivity contribution is 6.58. The number of hydrogen-bond acceptors (Lipinski definition) is 5. The minimum Gasteiger partial charge on any atom is -0.483 e. The smallest absolute Gasteiger partial charge is 0.483 e. The third-order valence-corrected chi connectivity index (χ3v) is 3.93. The summed E-state index contributed by atoms with van der Waals surface area (Å²) in [7, 11) is -1.49. The van der Waals surface area contributed by atoms with Crippen LogP contribution >= 0.6 is 0 Å². The standard InChI is InChI=1S/C16H23BO5/c18-12-16(5-3-1-2-4-14-10-11-21-14)22-15-8-6-13(7-9-15)17(19)20/h6-9,12,14,16,19-20H,1-5,10-11H2. The maximum absolute atomic E-state index is 11.1. The van der Waals surface area contributed by atoms with Crippen molar-refractivity contribution in [2.45, 2.75) is 50.7 Å². The summed E-state index contributed by atoms with van der Waals surface area (Å²) >= 11 is 0. The number of benzene rings is 1. The topological polar surface area (TPSA) is 76.0 Å². The van der Waals surface area contributed by atoms with Crippen LogP contribution in [0.2, 0.25) is 0 Å². The summed E-state index contributed by atoms with van der Waals surface area (Å²) < 4.78 is 11.0. The van der Waals surface area contributed by atoms with Gasteiger partial charge in [0.05, 0.1) is 6.10 Å². The van der Waals surface area contributed by atoms with Crippen molar-refractivity contribution >= 4 is 18.9 Å². The lowest BCUT2D eigenvalue weighted by atomic mass is 9.80. The van der Waals surface area contributed by atoms with E-state index in [0.29, 0.717) is 23.7 Å². The average Bonchev–Trinajstić information content (AvgIpc) is 2.48. The van der Waals surface area contributed by atoms with Crippen LogP contribution in [0, 0.1) is 0 Å². The Bertz CT molecular complexity index is 444. The summed E-state index contributed by atoms with van der Waals surface area (Å²) in [5.74, 6) is 0.560. The number of aldehydes is 1. The Morgan fingerprint density at radius 1 is 1.27 bits per heavy atom. The van der Waals surface area contributed by atoms with Crippen molar-refractivity contribution in [3.8, 4) is 5.75 Å². The molecule has 1 aromatic rings. The number of hydrogen-bond donors (Lipinski definition) is 2. The quantitative estimate of drug-likeness (QED) is 0.384. The molecule has 0 amide bonds. The summed E-state index contributed by atoms with van der Waals surface area (Å²) in [6.45, 7) is 0.901. The van der Waals surface area contributed by atoms with Crippen molar-refractivity contribution in [2.24, 2.45) is 0 Å². The van der Waals surface area contributed by atoms with E-state index in [0.717, 1.165) is 38.6 Å². The molecule has 1 heterocycles. The van der Waals surface area contributed by atoms with Crippen LogP contribution in [0.3, 0.4) is 0 Å². The molecule has 6 heteroatoms. The molecule has 2 rings (SSSR count). The van der Waals surface area contributed by atoms with E-state index < -0.39 is 13.2 Å². The van der Waals surface area contributed by atoms with E-state index in [1.165, 1.54) is 6.42 Å². The zero-order valence-electron chi connectivity index (χ0n) is 12.7. The Morgan fingerprint density at radius 2 is 2.00 bits per heavy atom. The molecule has 2 N–H and O–H groups in total. The van der Waals surface area contributed by atoms with Gasteiger partial charge < -0.3 is 19.5 Å². The lowest BCUT2D eigenvalue weighted by Gasteiger charge is -2.26. The van der Waals surface area contributed by atoms with Gasteiger partial charge in [0.2, 0.25) is 0 Å². The Hall–Kier alpha value is -1.37. The van der Waals surface area contributed by atoms with Gasteiger partial charge in [0.25, 0.3) is 0 Å². The Morgan fingerprint density at radius 3 is 2.55 bits per heavy atom. The fourth-order valence-corrected chi connectivity index (χ4v) is 2.45. The van der Waals surface area contributed by atoms with Crippen molar-refractivity contribution in [3.05, 3.63) is 24.3 Å². The molecule has 5 nitrogen and oxygen atoms in total. The molecule has 0 radical (unpaired) electrons. The zero-order chi connectivity index (χ0) is 15.8. The highest BCUT2D eigenvalue weighted by atomic mass is 16.5. The van der Waals surface area contributed by atoms with Gasteiger partial charge in [-0.15, -0.1) is 0 Å². The molecule has 1 saturated heterocycles. The minimum absolute atomic E-state index is 0.396. The van der Waals surface area contributed by atoms with Gasteiger partial charge in [-0.05, 0) is 43.3 Å². The van der Waals surface area contributed by atoms with Crippen molar-refractivity contribution in [1.82, 2.24) is 0 Å². The molecule has 0 spiro atoms. The molecule has 22 heavy (non-hydrogen) atoms. The number of unbranched alkanes of at least 4 members (excludes halogenated alkanes) is 2. The van der Waals surface area contributed by atoms with Gasteiger partial charge in [0.1, 0.15) is 5.75 Å². The minimum atomic E-state index is -1.49. The van der Waals surface area contributed by atoms with Gasteiger partial charge in [-0.2, -0.15) is 0 Å². The predicted molar refractivity (Wildman–Crippen MR) is 84.2 cm³/mol. The second-order valence-corrected chi connectivity index (χ2v) is 5.65. The highest BCUT2D eigenvalue weighted by Crippen LogP contribution is 2.19. The summed E-state index contributed by atoms with van der Waals surface area (Å²) in [4.78, 5) is 11.1. The van der Waals surface area contributed by atoms with Gasteiger partial charge in [0.15, 0.2) is 12.4 Å². The van der Waals surface area contributed by atoms with Crippen LogP contribution in [-0.4, -0.2) is 42.3 Å². The third kappa shape index (κ3) is 5.44. The SMILES string of the molecule is O=CC(CCCCCC1CCO1)Oc1ccc(B(O)O)cc1. The number of ether oxygens (including phenoxy) is 2. The van der Waals surface area contributed by atoms with Gasteiger partial charge in [-0.3, -0.25) is 4.79 Å². The highest BCUT2D eigenvalue weighted by Gasteiger charge is 2.17. The number of rotatable bonds is 10. The van der Waals surface area contributed by atoms with Crippen LogP contribution in [0.25, 0.3) is 0 Å². The van der Waals surface area contributed by atoms with E-state index in [1.807, 2.05) is 0 Å². The summed E-state index contributed by atoms with van der Waals surface area (Å²) in [5, 5.41) is 18.0. The predicted octanol–water partition coefficient (Wildman–Crippen LogP) is 1.05. The maximum atomic E-state index is 11.1. The monoisotopic (exact) mass is 306 g/mol. The first-order valence-electron chi connectivity index (χ1n) is 7.88. The van der Waals surface area contributed by atoms with Crippen LogP contribution in [-0.2, 0) is 9.53 Å². The van der Waals surface area contributed by atoms with Crippen LogP contribution in [0.5, 0.6) is 5.75 Å². The van der Waals surface area contributed by atoms with Crippen molar-refractivity contribution in [2.75, 3.05) is 6.61 Å². The molecule has 2 atom stereocenters. The van der Waals surface area contributed by atoms with E-state index in [-0.39, 0.29) is 0 Å². The maximum Gasteiger partial charge on any atom is 0.488 e. The van der Waals surface area contributed by atoms with Gasteiger partial charge in [-0.25, -0.2) is 0 Å². The normalized spacial score (nSPS) is 18.4. The molecule has 1 aromatic carbocycles. The van der Waals surface area contributed by atoms with Gasteiger partial charge in [0, 0.05) is 6.61 Å². The molecule has 1 aliphatic rings. The third-order valence-electron chi connectivity index (χ3n) is 3.93. The summed E-state index contributed by atoms with van der Waals surface area (Å²) in [5.41, 5.74) is 0.396. The Kier molecular flexibility index (Phi) is 6.90. The van der Waals surface area contributed by atoms with Gasteiger partial charge >= 0.3 is 7.12 Å². The van der Waals surface area contributed by atoms with E-state index in [9.17, 15) is 4.79 Å². The Labute approximate surface area is 131 Å². The van der Waals surface area contributed by atoms with Crippen LogP contribution < -0.4 is 10.2 Å². The molecule has 1 aliphatic heterocycles. The Balaban J connectivity index is 1.66. The van der Waals surface area contributed by atoms with Crippen molar-refractivity contribution in [1.29, 1.82) is 0 Å².